The van der Waals surface area contributed by atoms with Crippen molar-refractivity contribution in [3.05, 3.63) is 75.9 Å². The highest BCUT2D eigenvalue weighted by molar-refractivity contribution is 14.1. The van der Waals surface area contributed by atoms with E-state index in [4.69, 9.17) is 14.2 Å². The van der Waals surface area contributed by atoms with Gasteiger partial charge in [-0.15, -0.1) is 0 Å². The summed E-state index contributed by atoms with van der Waals surface area (Å²) in [4.78, 5) is 12.7. The Labute approximate surface area is 184 Å². The molecule has 29 heavy (non-hydrogen) atoms. The molecule has 0 radical (unpaired) electrons. The number of ether oxygens (including phenoxy) is 3. The van der Waals surface area contributed by atoms with E-state index in [1.807, 2.05) is 49.4 Å². The molecule has 0 heterocycles. The Morgan fingerprint density at radius 1 is 1.00 bits per heavy atom. The molecule has 0 aliphatic heterocycles. The SMILES string of the molecule is CCCOc1c(I)cc(C(=O)Nc2ccc(Oc3ccccc3)cc2)cc1OC. The molecule has 3 aromatic rings. The average Bonchev–Trinajstić information content (AvgIpc) is 2.74. The molecule has 1 N–H and O–H groups in total. The van der Waals surface area contributed by atoms with E-state index in [0.29, 0.717) is 35.1 Å². The quantitative estimate of drug-likeness (QED) is 0.376. The van der Waals surface area contributed by atoms with Gasteiger partial charge in [-0.2, -0.15) is 0 Å². The van der Waals surface area contributed by atoms with Crippen molar-refractivity contribution in [2.45, 2.75) is 13.3 Å². The van der Waals surface area contributed by atoms with Gasteiger partial charge in [0.2, 0.25) is 0 Å². The van der Waals surface area contributed by atoms with E-state index in [2.05, 4.69) is 27.9 Å². The second-order valence-electron chi connectivity index (χ2n) is 6.23. The van der Waals surface area contributed by atoms with Gasteiger partial charge in [0.1, 0.15) is 11.5 Å². The Morgan fingerprint density at radius 3 is 2.34 bits per heavy atom. The number of anilines is 1. The van der Waals surface area contributed by atoms with E-state index in [0.717, 1.165) is 15.7 Å². The van der Waals surface area contributed by atoms with Gasteiger partial charge in [-0.05, 0) is 77.5 Å². The Hall–Kier alpha value is -2.74. The van der Waals surface area contributed by atoms with Crippen LogP contribution in [0.5, 0.6) is 23.0 Å². The predicted octanol–water partition coefficient (Wildman–Crippen LogP) is 6.13. The summed E-state index contributed by atoms with van der Waals surface area (Å²) in [7, 11) is 1.57. The first-order valence-electron chi connectivity index (χ1n) is 9.25. The molecule has 150 valence electrons. The van der Waals surface area contributed by atoms with Gasteiger partial charge in [0, 0.05) is 11.3 Å². The summed E-state index contributed by atoms with van der Waals surface area (Å²) in [5.74, 6) is 2.44. The van der Waals surface area contributed by atoms with E-state index in [1.54, 1.807) is 31.4 Å². The number of hydrogen-bond acceptors (Lipinski definition) is 4. The van der Waals surface area contributed by atoms with Crippen molar-refractivity contribution in [1.29, 1.82) is 0 Å². The van der Waals surface area contributed by atoms with Gasteiger partial charge in [-0.3, -0.25) is 4.79 Å². The van der Waals surface area contributed by atoms with E-state index in [-0.39, 0.29) is 5.91 Å². The molecule has 0 aromatic heterocycles. The molecule has 0 fully saturated rings. The molecule has 6 heteroatoms. The van der Waals surface area contributed by atoms with Gasteiger partial charge in [-0.25, -0.2) is 0 Å². The van der Waals surface area contributed by atoms with Gasteiger partial charge in [-0.1, -0.05) is 25.1 Å². The molecule has 0 bridgehead atoms. The number of carbonyl (C=O) groups is 1. The van der Waals surface area contributed by atoms with Crippen molar-refractivity contribution < 1.29 is 19.0 Å². The van der Waals surface area contributed by atoms with Gasteiger partial charge >= 0.3 is 0 Å². The second kappa shape index (κ2) is 10.2. The molecule has 0 spiro atoms. The van der Waals surface area contributed by atoms with Crippen molar-refractivity contribution >= 4 is 34.2 Å². The van der Waals surface area contributed by atoms with E-state index in [1.165, 1.54) is 0 Å². The monoisotopic (exact) mass is 503 g/mol. The minimum atomic E-state index is -0.222. The van der Waals surface area contributed by atoms with Crippen LogP contribution in [0.3, 0.4) is 0 Å². The van der Waals surface area contributed by atoms with Crippen LogP contribution in [0.15, 0.2) is 66.7 Å². The highest BCUT2D eigenvalue weighted by atomic mass is 127. The minimum absolute atomic E-state index is 0.222. The normalized spacial score (nSPS) is 10.3. The second-order valence-corrected chi connectivity index (χ2v) is 7.39. The van der Waals surface area contributed by atoms with Crippen LogP contribution in [0.1, 0.15) is 23.7 Å². The Kier molecular flexibility index (Phi) is 7.35. The van der Waals surface area contributed by atoms with Crippen molar-refractivity contribution in [2.24, 2.45) is 0 Å². The largest absolute Gasteiger partial charge is 0.493 e. The number of hydrogen-bond donors (Lipinski definition) is 1. The number of benzene rings is 3. The molecule has 0 aliphatic rings. The number of halogens is 1. The lowest BCUT2D eigenvalue weighted by Gasteiger charge is -2.14. The molecule has 3 rings (SSSR count). The van der Waals surface area contributed by atoms with Gasteiger partial charge in [0.05, 0.1) is 17.3 Å². The number of para-hydroxylation sites is 1. The zero-order valence-electron chi connectivity index (χ0n) is 16.3. The topological polar surface area (TPSA) is 56.8 Å². The molecule has 0 atom stereocenters. The van der Waals surface area contributed by atoms with E-state index in [9.17, 15) is 4.79 Å². The van der Waals surface area contributed by atoms with Crippen LogP contribution in [-0.2, 0) is 0 Å². The molecule has 1 amide bonds. The van der Waals surface area contributed by atoms with E-state index >= 15 is 0 Å². The summed E-state index contributed by atoms with van der Waals surface area (Å²) >= 11 is 2.15. The molecule has 5 nitrogen and oxygen atoms in total. The molecular weight excluding hydrogens is 481 g/mol. The van der Waals surface area contributed by atoms with Gasteiger partial charge in [0.25, 0.3) is 5.91 Å². The lowest BCUT2D eigenvalue weighted by atomic mass is 10.1. The van der Waals surface area contributed by atoms with Crippen molar-refractivity contribution in [1.82, 2.24) is 0 Å². The number of rotatable bonds is 8. The first-order chi connectivity index (χ1) is 14.1. The predicted molar refractivity (Wildman–Crippen MR) is 122 cm³/mol. The maximum atomic E-state index is 12.7. The van der Waals surface area contributed by atoms with E-state index < -0.39 is 0 Å². The zero-order valence-corrected chi connectivity index (χ0v) is 18.4. The van der Waals surface area contributed by atoms with Crippen molar-refractivity contribution in [3.8, 4) is 23.0 Å². The maximum absolute atomic E-state index is 12.7. The summed E-state index contributed by atoms with van der Waals surface area (Å²) in [6.07, 6.45) is 0.894. The average molecular weight is 503 g/mol. The van der Waals surface area contributed by atoms with Crippen molar-refractivity contribution in [3.63, 3.8) is 0 Å². The summed E-state index contributed by atoms with van der Waals surface area (Å²) in [6, 6.07) is 20.3. The lowest BCUT2D eigenvalue weighted by molar-refractivity contribution is 0.102. The molecule has 0 saturated carbocycles. The molecular formula is C23H22INO4. The number of amides is 1. The van der Waals surface area contributed by atoms with Crippen LogP contribution in [-0.4, -0.2) is 19.6 Å². The third-order valence-corrected chi connectivity index (χ3v) is 4.83. The molecule has 3 aromatic carbocycles. The third-order valence-electron chi connectivity index (χ3n) is 4.03. The third kappa shape index (κ3) is 5.63. The summed E-state index contributed by atoms with van der Waals surface area (Å²) < 4.78 is 17.8. The van der Waals surface area contributed by atoms with Crippen molar-refractivity contribution in [2.75, 3.05) is 19.0 Å². The van der Waals surface area contributed by atoms with Crippen LogP contribution in [0, 0.1) is 3.57 Å². The first kappa shape index (κ1) is 21.0. The molecule has 0 aliphatic carbocycles. The molecule has 0 saturated heterocycles. The standard InChI is InChI=1S/C23H22INO4/c1-3-13-28-22-20(24)14-16(15-21(22)27-2)23(26)25-17-9-11-19(12-10-17)29-18-7-5-4-6-8-18/h4-12,14-15H,3,13H2,1-2H3,(H,25,26). The Bertz CT molecular complexity index is 959. The Morgan fingerprint density at radius 2 is 1.69 bits per heavy atom. The highest BCUT2D eigenvalue weighted by Crippen LogP contribution is 2.34. The molecule has 0 unspecified atom stereocenters. The number of methoxy groups -OCH3 is 1. The van der Waals surface area contributed by atoms with Crippen LogP contribution in [0.4, 0.5) is 5.69 Å². The maximum Gasteiger partial charge on any atom is 0.255 e. The van der Waals surface area contributed by atoms with Gasteiger partial charge < -0.3 is 19.5 Å². The zero-order chi connectivity index (χ0) is 20.6. The highest BCUT2D eigenvalue weighted by Gasteiger charge is 2.16. The van der Waals surface area contributed by atoms with Gasteiger partial charge in [0.15, 0.2) is 11.5 Å². The summed E-state index contributed by atoms with van der Waals surface area (Å²) in [5, 5.41) is 2.90. The van der Waals surface area contributed by atoms with Crippen LogP contribution in [0.2, 0.25) is 0 Å². The Balaban J connectivity index is 1.70. The number of nitrogens with one attached hydrogen (secondary N) is 1. The fourth-order valence-corrected chi connectivity index (χ4v) is 3.39. The summed E-state index contributed by atoms with van der Waals surface area (Å²) in [5.41, 5.74) is 1.18. The first-order valence-corrected chi connectivity index (χ1v) is 10.3. The van der Waals surface area contributed by atoms with Crippen LogP contribution in [0.25, 0.3) is 0 Å². The lowest BCUT2D eigenvalue weighted by Crippen LogP contribution is -2.13. The summed E-state index contributed by atoms with van der Waals surface area (Å²) in [6.45, 7) is 2.63. The smallest absolute Gasteiger partial charge is 0.255 e. The number of carbonyl (C=O) groups excluding carboxylic acids is 1. The fraction of sp³-hybridized carbons (Fsp3) is 0.174. The minimum Gasteiger partial charge on any atom is -0.493 e. The van der Waals surface area contributed by atoms with Crippen LogP contribution < -0.4 is 19.5 Å². The fourth-order valence-electron chi connectivity index (χ4n) is 2.63. The van der Waals surface area contributed by atoms with Crippen LogP contribution >= 0.6 is 22.6 Å².